The van der Waals surface area contributed by atoms with Crippen molar-refractivity contribution >= 4 is 23.6 Å². The van der Waals surface area contributed by atoms with Gasteiger partial charge in [0.2, 0.25) is 11.8 Å². The molecule has 132 valence electrons. The fraction of sp³-hybridized carbons (Fsp3) is 0.556. The molecule has 2 rings (SSSR count). The SMILES string of the molecule is CC(C)Oc1ccc(CC[C@H](C)NC(=O)CN2CSCC2=O)cc1. The van der Waals surface area contributed by atoms with Crippen molar-refractivity contribution in [1.82, 2.24) is 10.2 Å². The Balaban J connectivity index is 1.71. The van der Waals surface area contributed by atoms with Crippen molar-refractivity contribution in [3.63, 3.8) is 0 Å². The molecule has 2 amide bonds. The van der Waals surface area contributed by atoms with Crippen molar-refractivity contribution in [2.75, 3.05) is 18.2 Å². The lowest BCUT2D eigenvalue weighted by molar-refractivity contribution is -0.132. The van der Waals surface area contributed by atoms with E-state index in [1.165, 1.54) is 5.56 Å². The van der Waals surface area contributed by atoms with Crippen LogP contribution in [0.5, 0.6) is 5.75 Å². The number of carbonyl (C=O) groups is 2. The fourth-order valence-corrected chi connectivity index (χ4v) is 3.40. The third kappa shape index (κ3) is 6.07. The molecule has 0 aliphatic carbocycles. The van der Waals surface area contributed by atoms with Gasteiger partial charge in [-0.3, -0.25) is 9.59 Å². The molecule has 1 saturated heterocycles. The number of carbonyl (C=O) groups excluding carboxylic acids is 2. The van der Waals surface area contributed by atoms with Crippen molar-refractivity contribution in [2.24, 2.45) is 0 Å². The number of thioether (sulfide) groups is 1. The number of aryl methyl sites for hydroxylation is 1. The molecular formula is C18H26N2O3S. The Kier molecular flexibility index (Phi) is 6.97. The first-order valence-corrected chi connectivity index (χ1v) is 9.50. The minimum absolute atomic E-state index is 0.0477. The molecular weight excluding hydrogens is 324 g/mol. The zero-order valence-electron chi connectivity index (χ0n) is 14.6. The number of rotatable bonds is 8. The summed E-state index contributed by atoms with van der Waals surface area (Å²) in [5.74, 6) is 1.94. The Morgan fingerprint density at radius 2 is 2.00 bits per heavy atom. The summed E-state index contributed by atoms with van der Waals surface area (Å²) in [6, 6.07) is 8.16. The number of benzene rings is 1. The summed E-state index contributed by atoms with van der Waals surface area (Å²) in [7, 11) is 0. The molecule has 0 radical (unpaired) electrons. The van der Waals surface area contributed by atoms with Crippen molar-refractivity contribution in [3.8, 4) is 5.75 Å². The van der Waals surface area contributed by atoms with Crippen LogP contribution in [0.15, 0.2) is 24.3 Å². The van der Waals surface area contributed by atoms with Gasteiger partial charge < -0.3 is 15.0 Å². The lowest BCUT2D eigenvalue weighted by atomic mass is 10.1. The maximum absolute atomic E-state index is 12.0. The van der Waals surface area contributed by atoms with E-state index in [4.69, 9.17) is 4.74 Å². The van der Waals surface area contributed by atoms with Crippen molar-refractivity contribution in [2.45, 2.75) is 45.8 Å². The summed E-state index contributed by atoms with van der Waals surface area (Å²) in [6.45, 7) is 6.17. The lowest BCUT2D eigenvalue weighted by Crippen LogP contribution is -2.41. The maximum Gasteiger partial charge on any atom is 0.239 e. The second-order valence-corrected chi connectivity index (χ2v) is 7.34. The highest BCUT2D eigenvalue weighted by molar-refractivity contribution is 8.00. The minimum atomic E-state index is -0.0842. The molecule has 1 aromatic rings. The highest BCUT2D eigenvalue weighted by Crippen LogP contribution is 2.16. The molecule has 0 spiro atoms. The largest absolute Gasteiger partial charge is 0.491 e. The van der Waals surface area contributed by atoms with E-state index in [9.17, 15) is 9.59 Å². The third-order valence-electron chi connectivity index (χ3n) is 3.73. The van der Waals surface area contributed by atoms with E-state index in [1.807, 2.05) is 32.9 Å². The first kappa shape index (κ1) is 18.6. The lowest BCUT2D eigenvalue weighted by Gasteiger charge is -2.18. The number of nitrogens with zero attached hydrogens (tertiary/aromatic N) is 1. The molecule has 24 heavy (non-hydrogen) atoms. The Labute approximate surface area is 148 Å². The van der Waals surface area contributed by atoms with Crippen LogP contribution in [0.2, 0.25) is 0 Å². The van der Waals surface area contributed by atoms with Crippen LogP contribution in [0.1, 0.15) is 32.8 Å². The van der Waals surface area contributed by atoms with Crippen LogP contribution >= 0.6 is 11.8 Å². The normalized spacial score (nSPS) is 15.7. The van der Waals surface area contributed by atoms with E-state index in [-0.39, 0.29) is 30.5 Å². The van der Waals surface area contributed by atoms with Gasteiger partial charge in [-0.25, -0.2) is 0 Å². The summed E-state index contributed by atoms with van der Waals surface area (Å²) in [6.07, 6.45) is 1.92. The van der Waals surface area contributed by atoms with Crippen molar-refractivity contribution in [3.05, 3.63) is 29.8 Å². The predicted octanol–water partition coefficient (Wildman–Crippen LogP) is 2.44. The first-order valence-electron chi connectivity index (χ1n) is 8.34. The van der Waals surface area contributed by atoms with E-state index in [1.54, 1.807) is 16.7 Å². The molecule has 1 heterocycles. The van der Waals surface area contributed by atoms with Gasteiger partial charge in [-0.1, -0.05) is 12.1 Å². The number of hydrogen-bond donors (Lipinski definition) is 1. The molecule has 0 unspecified atom stereocenters. The van der Waals surface area contributed by atoms with Gasteiger partial charge in [0.1, 0.15) is 12.3 Å². The highest BCUT2D eigenvalue weighted by atomic mass is 32.2. The fourth-order valence-electron chi connectivity index (χ4n) is 2.50. The maximum atomic E-state index is 12.0. The van der Waals surface area contributed by atoms with E-state index in [0.717, 1.165) is 18.6 Å². The second-order valence-electron chi connectivity index (χ2n) is 6.39. The number of amides is 2. The van der Waals surface area contributed by atoms with Gasteiger partial charge in [-0.05, 0) is 51.3 Å². The van der Waals surface area contributed by atoms with Gasteiger partial charge in [-0.15, -0.1) is 11.8 Å². The van der Waals surface area contributed by atoms with Crippen LogP contribution in [0.3, 0.4) is 0 Å². The summed E-state index contributed by atoms with van der Waals surface area (Å²) >= 11 is 1.55. The van der Waals surface area contributed by atoms with Gasteiger partial charge in [0.05, 0.1) is 17.7 Å². The van der Waals surface area contributed by atoms with Gasteiger partial charge in [0.15, 0.2) is 0 Å². The molecule has 0 aromatic heterocycles. The molecule has 0 saturated carbocycles. The monoisotopic (exact) mass is 350 g/mol. The van der Waals surface area contributed by atoms with Gasteiger partial charge in [0, 0.05) is 6.04 Å². The molecule has 1 fully saturated rings. The highest BCUT2D eigenvalue weighted by Gasteiger charge is 2.23. The quantitative estimate of drug-likeness (QED) is 0.782. The molecule has 1 atom stereocenters. The Hall–Kier alpha value is -1.69. The van der Waals surface area contributed by atoms with Crippen LogP contribution in [-0.2, 0) is 16.0 Å². The first-order chi connectivity index (χ1) is 11.4. The number of hydrogen-bond acceptors (Lipinski definition) is 4. The van der Waals surface area contributed by atoms with E-state index in [2.05, 4.69) is 17.4 Å². The van der Waals surface area contributed by atoms with E-state index < -0.39 is 0 Å². The summed E-state index contributed by atoms with van der Waals surface area (Å²) < 4.78 is 5.63. The van der Waals surface area contributed by atoms with Crippen LogP contribution in [0.4, 0.5) is 0 Å². The molecule has 0 bridgehead atoms. The molecule has 6 heteroatoms. The zero-order valence-corrected chi connectivity index (χ0v) is 15.4. The van der Waals surface area contributed by atoms with Crippen molar-refractivity contribution < 1.29 is 14.3 Å². The Morgan fingerprint density at radius 1 is 1.29 bits per heavy atom. The average Bonchev–Trinajstić information content (AvgIpc) is 2.91. The average molecular weight is 350 g/mol. The zero-order chi connectivity index (χ0) is 17.5. The van der Waals surface area contributed by atoms with Crippen molar-refractivity contribution in [1.29, 1.82) is 0 Å². The van der Waals surface area contributed by atoms with Crippen LogP contribution in [0.25, 0.3) is 0 Å². The van der Waals surface area contributed by atoms with E-state index in [0.29, 0.717) is 11.6 Å². The standard InChI is InChI=1S/C18H26N2O3S/c1-13(2)23-16-8-6-15(7-9-16)5-4-14(3)19-17(21)10-20-12-24-11-18(20)22/h6-9,13-14H,4-5,10-12H2,1-3H3,(H,19,21)/t14-/m0/s1. The van der Waals surface area contributed by atoms with Crippen LogP contribution < -0.4 is 10.1 Å². The van der Waals surface area contributed by atoms with Crippen LogP contribution in [0, 0.1) is 0 Å². The summed E-state index contributed by atoms with van der Waals surface area (Å²) in [5, 5.41) is 2.97. The molecule has 1 aliphatic heterocycles. The van der Waals surface area contributed by atoms with E-state index >= 15 is 0 Å². The van der Waals surface area contributed by atoms with Gasteiger partial charge >= 0.3 is 0 Å². The minimum Gasteiger partial charge on any atom is -0.491 e. The topological polar surface area (TPSA) is 58.6 Å². The van der Waals surface area contributed by atoms with Gasteiger partial charge in [0.25, 0.3) is 0 Å². The van der Waals surface area contributed by atoms with Crippen LogP contribution in [-0.4, -0.2) is 47.0 Å². The van der Waals surface area contributed by atoms with Gasteiger partial charge in [-0.2, -0.15) is 0 Å². The second kappa shape index (κ2) is 8.97. The molecule has 1 N–H and O–H groups in total. The Bertz CT molecular complexity index is 560. The summed E-state index contributed by atoms with van der Waals surface area (Å²) in [4.78, 5) is 25.1. The predicted molar refractivity (Wildman–Crippen MR) is 97.2 cm³/mol. The Morgan fingerprint density at radius 3 is 2.58 bits per heavy atom. The number of nitrogens with one attached hydrogen (secondary N) is 1. The number of ether oxygens (including phenoxy) is 1. The molecule has 1 aromatic carbocycles. The third-order valence-corrected chi connectivity index (χ3v) is 4.67. The smallest absolute Gasteiger partial charge is 0.239 e. The molecule has 5 nitrogen and oxygen atoms in total. The molecule has 1 aliphatic rings. The summed E-state index contributed by atoms with van der Waals surface area (Å²) in [5.41, 5.74) is 1.22.